The first kappa shape index (κ1) is 34.2. The maximum Gasteiger partial charge on any atom is 0.252 e. The van der Waals surface area contributed by atoms with Gasteiger partial charge in [-0.25, -0.2) is 0 Å². The smallest absolute Gasteiger partial charge is 0.252 e. The molecule has 1 aliphatic carbocycles. The highest BCUT2D eigenvalue weighted by Crippen LogP contribution is 2.48. The molecule has 0 N–H and O–H groups in total. The van der Waals surface area contributed by atoms with Crippen LogP contribution < -0.4 is 26.2 Å². The first-order chi connectivity index (χ1) is 29.3. The molecule has 0 bridgehead atoms. The van der Waals surface area contributed by atoms with E-state index in [9.17, 15) is 0 Å². The molecule has 3 heteroatoms. The molecule has 9 aromatic rings. The summed E-state index contributed by atoms with van der Waals surface area (Å²) in [5.41, 5.74) is 18.0. The average molecular weight is 755 g/mol. The normalized spacial score (nSPS) is 14.6. The lowest BCUT2D eigenvalue weighted by molar-refractivity contribution is 0.444. The second-order valence-electron chi connectivity index (χ2n) is 16.7. The van der Waals surface area contributed by atoms with Crippen molar-refractivity contribution in [3.8, 4) is 22.3 Å². The molecule has 0 unspecified atom stereocenters. The summed E-state index contributed by atoms with van der Waals surface area (Å²) in [6.45, 7) is 0.0295. The quantitative estimate of drug-likeness (QED) is 0.128. The van der Waals surface area contributed by atoms with Crippen molar-refractivity contribution in [2.75, 3.05) is 9.80 Å². The van der Waals surface area contributed by atoms with Crippen LogP contribution in [0.3, 0.4) is 0 Å². The molecule has 2 heterocycles. The van der Waals surface area contributed by atoms with Crippen molar-refractivity contribution in [2.24, 2.45) is 0 Å². The minimum Gasteiger partial charge on any atom is -0.311 e. The van der Waals surface area contributed by atoms with Gasteiger partial charge in [-0.05, 0) is 139 Å². The maximum atomic E-state index is 2.59. The Hall–Kier alpha value is -6.84. The van der Waals surface area contributed by atoms with Gasteiger partial charge in [0, 0.05) is 34.1 Å². The Balaban J connectivity index is 1.17. The van der Waals surface area contributed by atoms with Crippen molar-refractivity contribution >= 4 is 78.8 Å². The summed E-state index contributed by atoms with van der Waals surface area (Å²) < 4.78 is 0. The first-order valence-electron chi connectivity index (χ1n) is 21.4. The van der Waals surface area contributed by atoms with Crippen LogP contribution in [-0.4, -0.2) is 6.71 Å². The largest absolute Gasteiger partial charge is 0.311 e. The third kappa shape index (κ3) is 5.56. The molecule has 0 radical (unpaired) electrons. The van der Waals surface area contributed by atoms with Gasteiger partial charge in [-0.3, -0.25) is 0 Å². The minimum atomic E-state index is 0.0295. The highest BCUT2D eigenvalue weighted by atomic mass is 15.2. The number of rotatable bonds is 5. The van der Waals surface area contributed by atoms with Gasteiger partial charge in [0.1, 0.15) is 0 Å². The zero-order valence-corrected chi connectivity index (χ0v) is 33.1. The minimum absolute atomic E-state index is 0.0295. The second-order valence-corrected chi connectivity index (χ2v) is 16.7. The van der Waals surface area contributed by atoms with Crippen LogP contribution >= 0.6 is 0 Å². The van der Waals surface area contributed by atoms with E-state index in [4.69, 9.17) is 0 Å². The van der Waals surface area contributed by atoms with E-state index in [1.165, 1.54) is 132 Å². The Morgan fingerprint density at radius 1 is 0.390 bits per heavy atom. The average Bonchev–Trinajstić information content (AvgIpc) is 3.32. The zero-order valence-electron chi connectivity index (χ0n) is 33.1. The predicted octanol–water partition coefficient (Wildman–Crippen LogP) is 13.5. The second kappa shape index (κ2) is 13.9. The van der Waals surface area contributed by atoms with Crippen LogP contribution in [0.15, 0.2) is 194 Å². The van der Waals surface area contributed by atoms with Gasteiger partial charge in [0.25, 0.3) is 6.71 Å². The Kier molecular flexibility index (Phi) is 8.08. The van der Waals surface area contributed by atoms with Crippen LogP contribution in [0.2, 0.25) is 0 Å². The molecule has 0 saturated heterocycles. The summed E-state index contributed by atoms with van der Waals surface area (Å²) in [5.74, 6) is 0.543. The molecule has 9 aromatic carbocycles. The molecular formula is C56H43BN2. The predicted molar refractivity (Wildman–Crippen MR) is 252 cm³/mol. The summed E-state index contributed by atoms with van der Waals surface area (Å²) in [7, 11) is 0. The Labute approximate surface area is 347 Å². The molecule has 0 spiro atoms. The van der Waals surface area contributed by atoms with Gasteiger partial charge in [0.05, 0.1) is 0 Å². The van der Waals surface area contributed by atoms with E-state index in [2.05, 4.69) is 204 Å². The maximum absolute atomic E-state index is 2.59. The molecule has 59 heavy (non-hydrogen) atoms. The number of para-hydroxylation sites is 2. The molecule has 0 aromatic heterocycles. The van der Waals surface area contributed by atoms with Gasteiger partial charge >= 0.3 is 0 Å². The molecule has 1 fully saturated rings. The van der Waals surface area contributed by atoms with Crippen LogP contribution in [0.1, 0.15) is 43.6 Å². The summed E-state index contributed by atoms with van der Waals surface area (Å²) in [6, 6.07) is 72.9. The fraction of sp³-hybridized carbons (Fsp3) is 0.107. The van der Waals surface area contributed by atoms with Crippen LogP contribution in [-0.2, 0) is 0 Å². The van der Waals surface area contributed by atoms with E-state index < -0.39 is 0 Å². The number of anilines is 6. The molecule has 3 aliphatic rings. The van der Waals surface area contributed by atoms with Gasteiger partial charge in [-0.2, -0.15) is 0 Å². The van der Waals surface area contributed by atoms with Gasteiger partial charge in [-0.15, -0.1) is 0 Å². The Morgan fingerprint density at radius 2 is 0.983 bits per heavy atom. The third-order valence-electron chi connectivity index (χ3n) is 13.4. The van der Waals surface area contributed by atoms with Crippen molar-refractivity contribution in [1.29, 1.82) is 0 Å². The lowest BCUT2D eigenvalue weighted by atomic mass is 9.33. The number of fused-ring (bicyclic) bond motifs is 7. The lowest BCUT2D eigenvalue weighted by Crippen LogP contribution is -2.61. The molecule has 1 saturated carbocycles. The molecule has 12 rings (SSSR count). The summed E-state index contributed by atoms with van der Waals surface area (Å²) in [4.78, 5) is 5.16. The van der Waals surface area contributed by atoms with Crippen LogP contribution in [0.25, 0.3) is 43.8 Å². The fourth-order valence-corrected chi connectivity index (χ4v) is 10.7. The van der Waals surface area contributed by atoms with Crippen LogP contribution in [0.5, 0.6) is 0 Å². The highest BCUT2D eigenvalue weighted by Gasteiger charge is 2.44. The monoisotopic (exact) mass is 754 g/mol. The standard InChI is InChI=1S/C56H43BN2/c1-5-17-38(18-6-1)40-29-31-50-53(35-40)59(45-24-11-4-12-25-45)55-37-43(39-19-7-2-8-20-39)36-54-56(55)57(50)51-34-42(30-32-52(51)58(54)44-22-9-3-10-23-44)49-33-41-21-13-14-26-46(41)47-27-15-16-28-48(47)49/h1,3-6,9-18,21-37,39H,2,7-8,19-20H2. The third-order valence-corrected chi connectivity index (χ3v) is 13.4. The van der Waals surface area contributed by atoms with Crippen molar-refractivity contribution < 1.29 is 0 Å². The SMILES string of the molecule is c1ccc(-c2ccc3c(c2)N(c2ccccc2)c2cc(C4CCCCC4)cc4c2B3c2cc(-c3cc5ccccc5c5ccccc35)ccc2N4c2ccccc2)cc1. The molecule has 2 nitrogen and oxygen atoms in total. The number of benzene rings is 9. The van der Waals surface area contributed by atoms with Crippen LogP contribution in [0, 0.1) is 0 Å². The van der Waals surface area contributed by atoms with Gasteiger partial charge in [-0.1, -0.05) is 159 Å². The van der Waals surface area contributed by atoms with Gasteiger partial charge in [0.2, 0.25) is 0 Å². The Morgan fingerprint density at radius 3 is 1.69 bits per heavy atom. The molecule has 0 amide bonds. The lowest BCUT2D eigenvalue weighted by Gasteiger charge is -2.45. The van der Waals surface area contributed by atoms with Gasteiger partial charge in [0.15, 0.2) is 0 Å². The van der Waals surface area contributed by atoms with Crippen molar-refractivity contribution in [3.05, 3.63) is 200 Å². The zero-order chi connectivity index (χ0) is 38.9. The summed E-state index contributed by atoms with van der Waals surface area (Å²) in [6.07, 6.45) is 6.41. The van der Waals surface area contributed by atoms with E-state index in [1.54, 1.807) is 0 Å². The van der Waals surface area contributed by atoms with E-state index >= 15 is 0 Å². The fourth-order valence-electron chi connectivity index (χ4n) is 10.7. The number of hydrogen-bond acceptors (Lipinski definition) is 2. The molecule has 2 aliphatic heterocycles. The topological polar surface area (TPSA) is 6.48 Å². The number of hydrogen-bond donors (Lipinski definition) is 0. The molecular weight excluding hydrogens is 711 g/mol. The molecule has 280 valence electrons. The van der Waals surface area contributed by atoms with E-state index in [0.717, 1.165) is 0 Å². The van der Waals surface area contributed by atoms with Crippen molar-refractivity contribution in [1.82, 2.24) is 0 Å². The highest BCUT2D eigenvalue weighted by molar-refractivity contribution is 7.00. The van der Waals surface area contributed by atoms with Crippen LogP contribution in [0.4, 0.5) is 34.1 Å². The summed E-state index contributed by atoms with van der Waals surface area (Å²) >= 11 is 0. The van der Waals surface area contributed by atoms with Crippen molar-refractivity contribution in [2.45, 2.75) is 38.0 Å². The Bertz CT molecular complexity index is 3040. The van der Waals surface area contributed by atoms with E-state index in [1.807, 2.05) is 0 Å². The first-order valence-corrected chi connectivity index (χ1v) is 21.4. The number of nitrogens with zero attached hydrogens (tertiary/aromatic N) is 2. The summed E-state index contributed by atoms with van der Waals surface area (Å²) in [5, 5.41) is 5.14. The molecule has 0 atom stereocenters. The van der Waals surface area contributed by atoms with E-state index in [-0.39, 0.29) is 6.71 Å². The van der Waals surface area contributed by atoms with E-state index in [0.29, 0.717) is 5.92 Å². The van der Waals surface area contributed by atoms with Crippen molar-refractivity contribution in [3.63, 3.8) is 0 Å². The van der Waals surface area contributed by atoms with Gasteiger partial charge < -0.3 is 9.80 Å².